The van der Waals surface area contributed by atoms with Gasteiger partial charge in [-0.3, -0.25) is 14.6 Å². The number of pyridine rings is 1. The fourth-order valence-corrected chi connectivity index (χ4v) is 2.51. The molecular formula is C14H17FN2O3. The van der Waals surface area contributed by atoms with Crippen molar-refractivity contribution in [2.45, 2.75) is 25.7 Å². The molecule has 6 heteroatoms. The minimum atomic E-state index is -0.744. The van der Waals surface area contributed by atoms with Gasteiger partial charge in [-0.1, -0.05) is 0 Å². The molecule has 2 N–H and O–H groups in total. The summed E-state index contributed by atoms with van der Waals surface area (Å²) in [5.41, 5.74) is -0.0146. The molecule has 1 aromatic heterocycles. The molecule has 0 bridgehead atoms. The zero-order valence-electron chi connectivity index (χ0n) is 11.0. The van der Waals surface area contributed by atoms with E-state index in [-0.39, 0.29) is 17.4 Å². The molecular weight excluding hydrogens is 263 g/mol. The van der Waals surface area contributed by atoms with E-state index in [0.29, 0.717) is 19.4 Å². The molecule has 1 heterocycles. The molecule has 0 saturated heterocycles. The van der Waals surface area contributed by atoms with Crippen molar-refractivity contribution in [2.75, 3.05) is 6.54 Å². The molecule has 0 unspecified atom stereocenters. The number of hydrogen-bond donors (Lipinski definition) is 2. The second-order valence-corrected chi connectivity index (χ2v) is 5.12. The average Bonchev–Trinajstić information content (AvgIpc) is 2.45. The van der Waals surface area contributed by atoms with E-state index in [1.54, 1.807) is 0 Å². The Labute approximate surface area is 116 Å². The number of aliphatic carboxylic acids is 1. The Morgan fingerprint density at radius 3 is 2.65 bits per heavy atom. The third-order valence-corrected chi connectivity index (χ3v) is 3.76. The molecule has 108 valence electrons. The van der Waals surface area contributed by atoms with Crippen LogP contribution in [0.3, 0.4) is 0 Å². The molecule has 0 radical (unpaired) electrons. The topological polar surface area (TPSA) is 79.3 Å². The second kappa shape index (κ2) is 6.45. The molecule has 1 aliphatic rings. The molecule has 1 aliphatic carbocycles. The van der Waals surface area contributed by atoms with Crippen molar-refractivity contribution in [1.29, 1.82) is 0 Å². The molecule has 1 amide bonds. The summed E-state index contributed by atoms with van der Waals surface area (Å²) >= 11 is 0. The first-order chi connectivity index (χ1) is 9.58. The quantitative estimate of drug-likeness (QED) is 0.882. The first-order valence-corrected chi connectivity index (χ1v) is 6.68. The van der Waals surface area contributed by atoms with Gasteiger partial charge in [0.2, 0.25) is 0 Å². The van der Waals surface area contributed by atoms with E-state index in [9.17, 15) is 14.0 Å². The Balaban J connectivity index is 1.80. The maximum Gasteiger partial charge on any atom is 0.306 e. The van der Waals surface area contributed by atoms with Crippen LogP contribution in [-0.4, -0.2) is 28.5 Å². The Kier molecular flexibility index (Phi) is 4.65. The zero-order valence-corrected chi connectivity index (χ0v) is 11.0. The van der Waals surface area contributed by atoms with Gasteiger partial charge in [0.15, 0.2) is 5.82 Å². The largest absolute Gasteiger partial charge is 0.481 e. The summed E-state index contributed by atoms with van der Waals surface area (Å²) in [6.45, 7) is 0.451. The number of carbonyl (C=O) groups excluding carboxylic acids is 1. The molecule has 0 aliphatic heterocycles. The highest BCUT2D eigenvalue weighted by Crippen LogP contribution is 2.28. The zero-order chi connectivity index (χ0) is 14.5. The first-order valence-electron chi connectivity index (χ1n) is 6.68. The van der Waals surface area contributed by atoms with Crippen LogP contribution >= 0.6 is 0 Å². The van der Waals surface area contributed by atoms with Gasteiger partial charge >= 0.3 is 5.97 Å². The summed E-state index contributed by atoms with van der Waals surface area (Å²) in [4.78, 5) is 26.2. The van der Waals surface area contributed by atoms with E-state index >= 15 is 0 Å². The summed E-state index contributed by atoms with van der Waals surface area (Å²) < 4.78 is 13.4. The number of carboxylic acid groups (broad SMARTS) is 1. The van der Waals surface area contributed by atoms with Gasteiger partial charge in [0.05, 0.1) is 17.7 Å². The number of amides is 1. The lowest BCUT2D eigenvalue weighted by molar-refractivity contribution is -0.143. The minimum Gasteiger partial charge on any atom is -0.481 e. The number of aromatic nitrogens is 1. The molecule has 0 atom stereocenters. The van der Waals surface area contributed by atoms with E-state index in [0.717, 1.165) is 19.0 Å². The maximum absolute atomic E-state index is 13.4. The van der Waals surface area contributed by atoms with Gasteiger partial charge < -0.3 is 10.4 Å². The number of carboxylic acids is 1. The first kappa shape index (κ1) is 14.4. The number of nitrogens with zero attached hydrogens (tertiary/aromatic N) is 1. The van der Waals surface area contributed by atoms with Gasteiger partial charge in [0, 0.05) is 12.7 Å². The molecule has 20 heavy (non-hydrogen) atoms. The van der Waals surface area contributed by atoms with Crippen molar-refractivity contribution in [1.82, 2.24) is 10.3 Å². The highest BCUT2D eigenvalue weighted by atomic mass is 19.1. The number of halogens is 1. The van der Waals surface area contributed by atoms with Crippen LogP contribution in [0.25, 0.3) is 0 Å². The van der Waals surface area contributed by atoms with Crippen LogP contribution in [0.5, 0.6) is 0 Å². The number of hydrogen-bond acceptors (Lipinski definition) is 3. The van der Waals surface area contributed by atoms with Crippen LogP contribution in [0.1, 0.15) is 36.0 Å². The molecule has 0 aromatic carbocycles. The lowest BCUT2D eigenvalue weighted by Gasteiger charge is -2.26. The highest BCUT2D eigenvalue weighted by molar-refractivity contribution is 5.94. The van der Waals surface area contributed by atoms with Crippen molar-refractivity contribution in [3.05, 3.63) is 29.8 Å². The van der Waals surface area contributed by atoms with Crippen LogP contribution in [0, 0.1) is 17.7 Å². The van der Waals surface area contributed by atoms with Gasteiger partial charge in [-0.15, -0.1) is 0 Å². The van der Waals surface area contributed by atoms with Gasteiger partial charge in [0.1, 0.15) is 0 Å². The standard InChI is InChI=1S/C14H17FN2O3/c15-12-8-16-6-5-11(12)13(18)17-7-9-1-3-10(4-2-9)14(19)20/h5-6,8-10H,1-4,7H2,(H,17,18)(H,19,20). The third kappa shape index (κ3) is 3.53. The van der Waals surface area contributed by atoms with Crippen LogP contribution in [0.15, 0.2) is 18.5 Å². The Morgan fingerprint density at radius 2 is 2.05 bits per heavy atom. The van der Waals surface area contributed by atoms with Crippen molar-refractivity contribution < 1.29 is 19.1 Å². The summed E-state index contributed by atoms with van der Waals surface area (Å²) in [7, 11) is 0. The van der Waals surface area contributed by atoms with Crippen LogP contribution in [0.2, 0.25) is 0 Å². The average molecular weight is 280 g/mol. The number of rotatable bonds is 4. The summed E-state index contributed by atoms with van der Waals surface area (Å²) in [5.74, 6) is -1.84. The van der Waals surface area contributed by atoms with Gasteiger partial charge in [-0.05, 0) is 37.7 Å². The van der Waals surface area contributed by atoms with Gasteiger partial charge in [0.25, 0.3) is 5.91 Å². The van der Waals surface area contributed by atoms with E-state index in [1.165, 1.54) is 12.3 Å². The Bertz CT molecular complexity index is 499. The van der Waals surface area contributed by atoms with E-state index in [2.05, 4.69) is 10.3 Å². The van der Waals surface area contributed by atoms with Crippen molar-refractivity contribution >= 4 is 11.9 Å². The van der Waals surface area contributed by atoms with Crippen LogP contribution < -0.4 is 5.32 Å². The fraction of sp³-hybridized carbons (Fsp3) is 0.500. The predicted octanol–water partition coefficient (Wildman–Crippen LogP) is 1.84. The molecule has 1 saturated carbocycles. The van der Waals surface area contributed by atoms with Gasteiger partial charge in [-0.25, -0.2) is 4.39 Å². The third-order valence-electron chi connectivity index (χ3n) is 3.76. The molecule has 5 nitrogen and oxygen atoms in total. The van der Waals surface area contributed by atoms with Crippen molar-refractivity contribution in [2.24, 2.45) is 11.8 Å². The van der Waals surface area contributed by atoms with Crippen molar-refractivity contribution in [3.63, 3.8) is 0 Å². The van der Waals surface area contributed by atoms with E-state index < -0.39 is 17.7 Å². The van der Waals surface area contributed by atoms with E-state index in [4.69, 9.17) is 5.11 Å². The SMILES string of the molecule is O=C(NCC1CCC(C(=O)O)CC1)c1ccncc1F. The number of nitrogens with one attached hydrogen (secondary N) is 1. The Morgan fingerprint density at radius 1 is 1.35 bits per heavy atom. The smallest absolute Gasteiger partial charge is 0.306 e. The molecule has 0 spiro atoms. The second-order valence-electron chi connectivity index (χ2n) is 5.12. The van der Waals surface area contributed by atoms with Crippen LogP contribution in [0.4, 0.5) is 4.39 Å². The van der Waals surface area contributed by atoms with Crippen molar-refractivity contribution in [3.8, 4) is 0 Å². The normalized spacial score (nSPS) is 22.2. The van der Waals surface area contributed by atoms with Gasteiger partial charge in [-0.2, -0.15) is 0 Å². The lowest BCUT2D eigenvalue weighted by atomic mass is 9.82. The highest BCUT2D eigenvalue weighted by Gasteiger charge is 2.26. The maximum atomic E-state index is 13.4. The fourth-order valence-electron chi connectivity index (χ4n) is 2.51. The molecule has 1 aromatic rings. The minimum absolute atomic E-state index is 0.0146. The summed E-state index contributed by atoms with van der Waals surface area (Å²) in [5, 5.41) is 11.6. The Hall–Kier alpha value is -1.98. The van der Waals surface area contributed by atoms with E-state index in [1.807, 2.05) is 0 Å². The molecule has 1 fully saturated rings. The lowest BCUT2D eigenvalue weighted by Crippen LogP contribution is -2.32. The summed E-state index contributed by atoms with van der Waals surface area (Å²) in [6, 6.07) is 1.34. The monoisotopic (exact) mass is 280 g/mol. The van der Waals surface area contributed by atoms with Crippen LogP contribution in [-0.2, 0) is 4.79 Å². The summed E-state index contributed by atoms with van der Waals surface area (Å²) in [6.07, 6.45) is 5.20. The number of carbonyl (C=O) groups is 2. The molecule has 2 rings (SSSR count). The predicted molar refractivity (Wildman–Crippen MR) is 69.6 cm³/mol.